The zero-order chi connectivity index (χ0) is 15.0. The Labute approximate surface area is 122 Å². The average Bonchev–Trinajstić information content (AvgIpc) is 2.45. The van der Waals surface area contributed by atoms with E-state index in [-0.39, 0.29) is 11.9 Å². The predicted molar refractivity (Wildman–Crippen MR) is 82.9 cm³/mol. The second-order valence-electron chi connectivity index (χ2n) is 5.52. The van der Waals surface area contributed by atoms with Gasteiger partial charge in [-0.25, -0.2) is 0 Å². The molecular formula is C17H27NO2. The largest absolute Gasteiger partial charge is 0.497 e. The molecule has 0 radical (unpaired) electrons. The van der Waals surface area contributed by atoms with Gasteiger partial charge in [-0.2, -0.15) is 0 Å². The minimum absolute atomic E-state index is 0.0648. The van der Waals surface area contributed by atoms with E-state index in [0.29, 0.717) is 12.3 Å². The lowest BCUT2D eigenvalue weighted by molar-refractivity contribution is -0.122. The predicted octanol–water partition coefficient (Wildman–Crippen LogP) is 4.09. The van der Waals surface area contributed by atoms with E-state index in [1.807, 2.05) is 24.3 Å². The van der Waals surface area contributed by atoms with Crippen LogP contribution in [0.1, 0.15) is 58.1 Å². The Morgan fingerprint density at radius 3 is 2.35 bits per heavy atom. The second-order valence-corrected chi connectivity index (χ2v) is 5.52. The minimum atomic E-state index is 0.0648. The fourth-order valence-electron chi connectivity index (χ4n) is 2.23. The SMILES string of the molecule is CCCCCC(=O)NC(c1ccc(OC)cc1)C(C)C. The third-order valence-electron chi connectivity index (χ3n) is 3.47. The van der Waals surface area contributed by atoms with Crippen molar-refractivity contribution in [3.05, 3.63) is 29.8 Å². The molecular weight excluding hydrogens is 250 g/mol. The van der Waals surface area contributed by atoms with E-state index in [9.17, 15) is 4.79 Å². The van der Waals surface area contributed by atoms with Crippen LogP contribution in [0, 0.1) is 5.92 Å². The van der Waals surface area contributed by atoms with Gasteiger partial charge in [0.05, 0.1) is 13.2 Å². The number of amides is 1. The molecule has 1 amide bonds. The van der Waals surface area contributed by atoms with Crippen LogP contribution in [-0.2, 0) is 4.79 Å². The molecule has 0 aromatic heterocycles. The van der Waals surface area contributed by atoms with Gasteiger partial charge in [-0.15, -0.1) is 0 Å². The van der Waals surface area contributed by atoms with Crippen molar-refractivity contribution >= 4 is 5.91 Å². The lowest BCUT2D eigenvalue weighted by Crippen LogP contribution is -2.31. The van der Waals surface area contributed by atoms with Crippen LogP contribution in [0.3, 0.4) is 0 Å². The van der Waals surface area contributed by atoms with Gasteiger partial charge in [0.15, 0.2) is 0 Å². The Balaban J connectivity index is 2.65. The molecule has 1 N–H and O–H groups in total. The first-order valence-corrected chi connectivity index (χ1v) is 7.51. The normalized spacial score (nSPS) is 12.2. The number of nitrogens with one attached hydrogen (secondary N) is 1. The van der Waals surface area contributed by atoms with E-state index in [1.165, 1.54) is 0 Å². The first-order valence-electron chi connectivity index (χ1n) is 7.51. The Morgan fingerprint density at radius 1 is 1.20 bits per heavy atom. The molecule has 1 rings (SSSR count). The number of ether oxygens (including phenoxy) is 1. The number of unbranched alkanes of at least 4 members (excludes halogenated alkanes) is 2. The summed E-state index contributed by atoms with van der Waals surface area (Å²) >= 11 is 0. The summed E-state index contributed by atoms with van der Waals surface area (Å²) in [4.78, 5) is 12.0. The molecule has 1 aromatic carbocycles. The molecule has 1 unspecified atom stereocenters. The number of hydrogen-bond donors (Lipinski definition) is 1. The van der Waals surface area contributed by atoms with Gasteiger partial charge < -0.3 is 10.1 Å². The van der Waals surface area contributed by atoms with Crippen LogP contribution < -0.4 is 10.1 Å². The smallest absolute Gasteiger partial charge is 0.220 e. The maximum Gasteiger partial charge on any atom is 0.220 e. The molecule has 112 valence electrons. The molecule has 3 nitrogen and oxygen atoms in total. The van der Waals surface area contributed by atoms with Gasteiger partial charge in [-0.05, 0) is 30.0 Å². The standard InChI is InChI=1S/C17H27NO2/c1-5-6-7-8-16(19)18-17(13(2)3)14-9-11-15(20-4)12-10-14/h9-13,17H,5-8H2,1-4H3,(H,18,19). The molecule has 20 heavy (non-hydrogen) atoms. The zero-order valence-corrected chi connectivity index (χ0v) is 13.1. The topological polar surface area (TPSA) is 38.3 Å². The summed E-state index contributed by atoms with van der Waals surface area (Å²) in [6, 6.07) is 7.99. The lowest BCUT2D eigenvalue weighted by atomic mass is 9.95. The van der Waals surface area contributed by atoms with E-state index in [4.69, 9.17) is 4.74 Å². The molecule has 0 aliphatic rings. The molecule has 0 aliphatic heterocycles. The van der Waals surface area contributed by atoms with Gasteiger partial charge >= 0.3 is 0 Å². The van der Waals surface area contributed by atoms with Crippen LogP contribution in [0.5, 0.6) is 5.75 Å². The summed E-state index contributed by atoms with van der Waals surface area (Å²) in [5, 5.41) is 3.15. The van der Waals surface area contributed by atoms with Gasteiger partial charge in [-0.3, -0.25) is 4.79 Å². The number of carbonyl (C=O) groups is 1. The van der Waals surface area contributed by atoms with E-state index in [0.717, 1.165) is 30.6 Å². The highest BCUT2D eigenvalue weighted by molar-refractivity contribution is 5.76. The quantitative estimate of drug-likeness (QED) is 0.727. The van der Waals surface area contributed by atoms with Gasteiger partial charge in [0.2, 0.25) is 5.91 Å². The number of carbonyl (C=O) groups excluding carboxylic acids is 1. The van der Waals surface area contributed by atoms with Crippen LogP contribution in [0.15, 0.2) is 24.3 Å². The van der Waals surface area contributed by atoms with Gasteiger partial charge in [0.25, 0.3) is 0 Å². The molecule has 0 saturated carbocycles. The summed E-state index contributed by atoms with van der Waals surface area (Å²) in [5.41, 5.74) is 1.13. The van der Waals surface area contributed by atoms with Gasteiger partial charge in [0, 0.05) is 6.42 Å². The Bertz CT molecular complexity index is 398. The van der Waals surface area contributed by atoms with Crippen molar-refractivity contribution < 1.29 is 9.53 Å². The summed E-state index contributed by atoms with van der Waals surface area (Å²) in [6.07, 6.45) is 3.84. The summed E-state index contributed by atoms with van der Waals surface area (Å²) in [5.74, 6) is 1.34. The summed E-state index contributed by atoms with van der Waals surface area (Å²) in [7, 11) is 1.66. The monoisotopic (exact) mass is 277 g/mol. The first kappa shape index (κ1) is 16.5. The molecule has 0 fully saturated rings. The van der Waals surface area contributed by atoms with E-state index < -0.39 is 0 Å². The number of rotatable bonds is 8. The Morgan fingerprint density at radius 2 is 1.85 bits per heavy atom. The Kier molecular flexibility index (Phi) is 7.13. The van der Waals surface area contributed by atoms with E-state index >= 15 is 0 Å². The molecule has 1 atom stereocenters. The molecule has 1 aromatic rings. The van der Waals surface area contributed by atoms with Crippen LogP contribution >= 0.6 is 0 Å². The van der Waals surface area contributed by atoms with Crippen molar-refractivity contribution in [3.63, 3.8) is 0 Å². The van der Waals surface area contributed by atoms with Crippen LogP contribution in [0.4, 0.5) is 0 Å². The first-order chi connectivity index (χ1) is 9.58. The lowest BCUT2D eigenvalue weighted by Gasteiger charge is -2.23. The van der Waals surface area contributed by atoms with Crippen molar-refractivity contribution in [2.75, 3.05) is 7.11 Å². The van der Waals surface area contributed by atoms with E-state index in [1.54, 1.807) is 7.11 Å². The highest BCUT2D eigenvalue weighted by Gasteiger charge is 2.18. The molecule has 3 heteroatoms. The van der Waals surface area contributed by atoms with Crippen molar-refractivity contribution in [2.24, 2.45) is 5.92 Å². The molecule has 0 heterocycles. The summed E-state index contributed by atoms with van der Waals surface area (Å²) < 4.78 is 5.17. The number of methoxy groups -OCH3 is 1. The second kappa shape index (κ2) is 8.62. The maximum absolute atomic E-state index is 12.0. The van der Waals surface area contributed by atoms with E-state index in [2.05, 4.69) is 26.1 Å². The highest BCUT2D eigenvalue weighted by Crippen LogP contribution is 2.24. The van der Waals surface area contributed by atoms with Gasteiger partial charge in [-0.1, -0.05) is 45.7 Å². The third kappa shape index (κ3) is 5.24. The van der Waals surface area contributed by atoms with Crippen LogP contribution in [0.25, 0.3) is 0 Å². The maximum atomic E-state index is 12.0. The van der Waals surface area contributed by atoms with Crippen LogP contribution in [0.2, 0.25) is 0 Å². The van der Waals surface area contributed by atoms with Crippen molar-refractivity contribution in [3.8, 4) is 5.75 Å². The fourth-order valence-corrected chi connectivity index (χ4v) is 2.23. The third-order valence-corrected chi connectivity index (χ3v) is 3.47. The molecule has 0 bridgehead atoms. The molecule has 0 saturated heterocycles. The van der Waals surface area contributed by atoms with Crippen molar-refractivity contribution in [1.82, 2.24) is 5.32 Å². The highest BCUT2D eigenvalue weighted by atomic mass is 16.5. The summed E-state index contributed by atoms with van der Waals surface area (Å²) in [6.45, 7) is 6.40. The van der Waals surface area contributed by atoms with Crippen LogP contribution in [-0.4, -0.2) is 13.0 Å². The Hall–Kier alpha value is -1.51. The van der Waals surface area contributed by atoms with Crippen molar-refractivity contribution in [1.29, 1.82) is 0 Å². The average molecular weight is 277 g/mol. The van der Waals surface area contributed by atoms with Crippen molar-refractivity contribution in [2.45, 2.75) is 52.5 Å². The van der Waals surface area contributed by atoms with Gasteiger partial charge in [0.1, 0.15) is 5.75 Å². The zero-order valence-electron chi connectivity index (χ0n) is 13.1. The number of benzene rings is 1. The fraction of sp³-hybridized carbons (Fsp3) is 0.588. The number of hydrogen-bond acceptors (Lipinski definition) is 2. The molecule has 0 aliphatic carbocycles. The molecule has 0 spiro atoms. The minimum Gasteiger partial charge on any atom is -0.497 e.